The minimum Gasteiger partial charge on any atom is -0.407 e. The summed E-state index contributed by atoms with van der Waals surface area (Å²) in [5.41, 5.74) is 0.478. The first-order valence-electron chi connectivity index (χ1n) is 10.2. The van der Waals surface area contributed by atoms with Gasteiger partial charge in [-0.25, -0.2) is 4.79 Å². The van der Waals surface area contributed by atoms with Gasteiger partial charge in [0.15, 0.2) is 5.58 Å². The fraction of sp³-hybridized carbons (Fsp3) is 0.550. The number of fused-ring (bicyclic) bond motifs is 1. The van der Waals surface area contributed by atoms with Gasteiger partial charge in [-0.15, -0.1) is 0 Å². The molecule has 0 spiro atoms. The van der Waals surface area contributed by atoms with Crippen LogP contribution >= 0.6 is 0 Å². The molecular formula is C20H26N4O6. The van der Waals surface area contributed by atoms with Crippen LogP contribution in [0, 0.1) is 16.0 Å². The van der Waals surface area contributed by atoms with Gasteiger partial charge in [0, 0.05) is 44.6 Å². The van der Waals surface area contributed by atoms with Crippen LogP contribution in [0.15, 0.2) is 27.4 Å². The van der Waals surface area contributed by atoms with Gasteiger partial charge in [-0.3, -0.25) is 24.3 Å². The number of hydrogen-bond acceptors (Lipinski definition) is 6. The Labute approximate surface area is 173 Å². The lowest BCUT2D eigenvalue weighted by Crippen LogP contribution is -2.43. The molecule has 0 saturated carbocycles. The van der Waals surface area contributed by atoms with Crippen LogP contribution in [0.2, 0.25) is 0 Å². The van der Waals surface area contributed by atoms with E-state index in [-0.39, 0.29) is 42.0 Å². The predicted molar refractivity (Wildman–Crippen MR) is 109 cm³/mol. The Bertz CT molecular complexity index is 987. The van der Waals surface area contributed by atoms with Gasteiger partial charge in [-0.05, 0) is 31.7 Å². The number of nitro groups is 1. The van der Waals surface area contributed by atoms with Crippen molar-refractivity contribution in [2.24, 2.45) is 5.92 Å². The number of aromatic nitrogens is 1. The van der Waals surface area contributed by atoms with Gasteiger partial charge in [0.2, 0.25) is 11.8 Å². The summed E-state index contributed by atoms with van der Waals surface area (Å²) in [4.78, 5) is 48.7. The number of rotatable bonds is 8. The Kier molecular flexibility index (Phi) is 6.86. The zero-order chi connectivity index (χ0) is 21.7. The molecule has 2 aromatic rings. The summed E-state index contributed by atoms with van der Waals surface area (Å²) in [5.74, 6) is -0.577. The topological polar surface area (TPSA) is 128 Å². The lowest BCUT2D eigenvalue weighted by atomic mass is 9.95. The average molecular weight is 418 g/mol. The van der Waals surface area contributed by atoms with Gasteiger partial charge < -0.3 is 14.6 Å². The molecule has 1 aliphatic heterocycles. The van der Waals surface area contributed by atoms with Crippen molar-refractivity contribution in [2.45, 2.75) is 45.6 Å². The quantitative estimate of drug-likeness (QED) is 0.516. The zero-order valence-corrected chi connectivity index (χ0v) is 17.0. The third-order valence-electron chi connectivity index (χ3n) is 5.40. The van der Waals surface area contributed by atoms with E-state index < -0.39 is 10.7 Å². The number of non-ortho nitro benzene ring substituents is 1. The lowest BCUT2D eigenvalue weighted by Gasteiger charge is -2.31. The standard InChI is InChI=1S/C20H26N4O6/c1-2-9-21-19(26)14-7-11-22(12-8-14)18(25)4-3-10-23-16-6-5-15(24(28)29)13-17(16)30-20(23)27/h5-6,13-14H,2-4,7-12H2,1H3,(H,21,26). The van der Waals surface area contributed by atoms with E-state index in [2.05, 4.69) is 5.32 Å². The molecule has 10 nitrogen and oxygen atoms in total. The third-order valence-corrected chi connectivity index (χ3v) is 5.40. The van der Waals surface area contributed by atoms with Gasteiger partial charge >= 0.3 is 5.76 Å². The van der Waals surface area contributed by atoms with E-state index in [0.717, 1.165) is 6.42 Å². The minimum atomic E-state index is -0.600. The van der Waals surface area contributed by atoms with Gasteiger partial charge in [0.25, 0.3) is 5.69 Å². The maximum Gasteiger partial charge on any atom is 0.419 e. The largest absolute Gasteiger partial charge is 0.419 e. The first-order chi connectivity index (χ1) is 14.4. The molecule has 1 N–H and O–H groups in total. The molecule has 3 rings (SSSR count). The molecule has 2 amide bonds. The van der Waals surface area contributed by atoms with Crippen LogP contribution in [0.4, 0.5) is 5.69 Å². The molecule has 0 bridgehead atoms. The Hall–Kier alpha value is -3.17. The summed E-state index contributed by atoms with van der Waals surface area (Å²) in [6.07, 6.45) is 2.94. The number of aryl methyl sites for hydroxylation is 1. The molecule has 1 aliphatic rings. The highest BCUT2D eigenvalue weighted by Gasteiger charge is 2.26. The van der Waals surface area contributed by atoms with Crippen LogP contribution in [-0.4, -0.2) is 45.8 Å². The number of amides is 2. The number of oxazole rings is 1. The maximum absolute atomic E-state index is 12.5. The third kappa shape index (κ3) is 4.87. The van der Waals surface area contributed by atoms with E-state index in [0.29, 0.717) is 44.4 Å². The molecule has 2 heterocycles. The van der Waals surface area contributed by atoms with E-state index in [1.807, 2.05) is 6.92 Å². The average Bonchev–Trinajstić information content (AvgIpc) is 3.06. The van der Waals surface area contributed by atoms with Crippen LogP contribution in [0.5, 0.6) is 0 Å². The van der Waals surface area contributed by atoms with Gasteiger partial charge in [0.05, 0.1) is 16.5 Å². The van der Waals surface area contributed by atoms with E-state index in [9.17, 15) is 24.5 Å². The molecule has 0 unspecified atom stereocenters. The van der Waals surface area contributed by atoms with E-state index >= 15 is 0 Å². The van der Waals surface area contributed by atoms with Gasteiger partial charge in [-0.2, -0.15) is 0 Å². The summed E-state index contributed by atoms with van der Waals surface area (Å²) in [6.45, 7) is 4.08. The molecule has 10 heteroatoms. The normalized spacial score (nSPS) is 14.8. The summed E-state index contributed by atoms with van der Waals surface area (Å²) in [7, 11) is 0. The Morgan fingerprint density at radius 3 is 2.70 bits per heavy atom. The monoisotopic (exact) mass is 418 g/mol. The minimum absolute atomic E-state index is 0.00102. The van der Waals surface area contributed by atoms with Crippen molar-refractivity contribution in [1.82, 2.24) is 14.8 Å². The van der Waals surface area contributed by atoms with Crippen molar-refractivity contribution in [2.75, 3.05) is 19.6 Å². The Morgan fingerprint density at radius 1 is 1.30 bits per heavy atom. The summed E-state index contributed by atoms with van der Waals surface area (Å²) in [5, 5.41) is 13.8. The number of nitrogens with one attached hydrogen (secondary N) is 1. The Morgan fingerprint density at radius 2 is 2.03 bits per heavy atom. The number of carbonyl (C=O) groups is 2. The number of likely N-dealkylation sites (tertiary alicyclic amines) is 1. The fourth-order valence-electron chi connectivity index (χ4n) is 3.71. The molecule has 0 radical (unpaired) electrons. The second-order valence-electron chi connectivity index (χ2n) is 7.48. The Balaban J connectivity index is 1.50. The van der Waals surface area contributed by atoms with Crippen LogP contribution in [0.25, 0.3) is 11.1 Å². The lowest BCUT2D eigenvalue weighted by molar-refractivity contribution is -0.384. The van der Waals surface area contributed by atoms with Gasteiger partial charge in [0.1, 0.15) is 0 Å². The molecule has 1 saturated heterocycles. The van der Waals surface area contributed by atoms with E-state index in [4.69, 9.17) is 4.42 Å². The van der Waals surface area contributed by atoms with E-state index in [1.54, 1.807) is 4.90 Å². The smallest absolute Gasteiger partial charge is 0.407 e. The molecule has 1 aromatic carbocycles. The molecule has 162 valence electrons. The highest BCUT2D eigenvalue weighted by atomic mass is 16.6. The summed E-state index contributed by atoms with van der Waals surface area (Å²) >= 11 is 0. The van der Waals surface area contributed by atoms with Crippen LogP contribution in [-0.2, 0) is 16.1 Å². The van der Waals surface area contributed by atoms with Crippen molar-refractivity contribution < 1.29 is 18.9 Å². The first-order valence-corrected chi connectivity index (χ1v) is 10.2. The highest BCUT2D eigenvalue weighted by molar-refractivity contribution is 5.80. The molecule has 1 fully saturated rings. The van der Waals surface area contributed by atoms with Crippen LogP contribution in [0.1, 0.15) is 39.0 Å². The number of nitrogens with zero attached hydrogens (tertiary/aromatic N) is 3. The molecular weight excluding hydrogens is 392 g/mol. The van der Waals surface area contributed by atoms with Crippen LogP contribution < -0.4 is 11.1 Å². The first kappa shape index (κ1) is 21.5. The van der Waals surface area contributed by atoms with Crippen molar-refractivity contribution in [3.63, 3.8) is 0 Å². The molecule has 0 aliphatic carbocycles. The summed E-state index contributed by atoms with van der Waals surface area (Å²) < 4.78 is 6.48. The van der Waals surface area contributed by atoms with Crippen LogP contribution in [0.3, 0.4) is 0 Å². The van der Waals surface area contributed by atoms with Crippen molar-refractivity contribution in [3.8, 4) is 0 Å². The number of nitro benzene ring substituents is 1. The fourth-order valence-corrected chi connectivity index (χ4v) is 3.71. The second kappa shape index (κ2) is 9.55. The molecule has 30 heavy (non-hydrogen) atoms. The summed E-state index contributed by atoms with van der Waals surface area (Å²) in [6, 6.07) is 4.02. The van der Waals surface area contributed by atoms with E-state index in [1.165, 1.54) is 22.8 Å². The van der Waals surface area contributed by atoms with Gasteiger partial charge in [-0.1, -0.05) is 6.92 Å². The molecule has 0 atom stereocenters. The SMILES string of the molecule is CCCNC(=O)C1CCN(C(=O)CCCn2c(=O)oc3cc([N+](=O)[O-])ccc32)CC1. The zero-order valence-electron chi connectivity index (χ0n) is 17.0. The number of carbonyl (C=O) groups excluding carboxylic acids is 2. The highest BCUT2D eigenvalue weighted by Crippen LogP contribution is 2.21. The maximum atomic E-state index is 12.5. The predicted octanol–water partition coefficient (Wildman–Crippen LogP) is 2.05. The number of benzene rings is 1. The molecule has 1 aromatic heterocycles. The second-order valence-corrected chi connectivity index (χ2v) is 7.48. The number of hydrogen-bond donors (Lipinski definition) is 1. The van der Waals surface area contributed by atoms with Crippen molar-refractivity contribution in [1.29, 1.82) is 0 Å². The van der Waals surface area contributed by atoms with Crippen molar-refractivity contribution in [3.05, 3.63) is 38.9 Å². The van der Waals surface area contributed by atoms with Crippen molar-refractivity contribution >= 4 is 28.6 Å². The number of piperidine rings is 1.